The van der Waals surface area contributed by atoms with Crippen LogP contribution in [0.3, 0.4) is 0 Å². The number of hydrogen-bond donors (Lipinski definition) is 0. The molecule has 0 fully saturated rings. The fraction of sp³-hybridized carbons (Fsp3) is 0.759. The number of halogens is 1. The van der Waals surface area contributed by atoms with Gasteiger partial charge < -0.3 is 4.90 Å². The van der Waals surface area contributed by atoms with Crippen LogP contribution in [0.25, 0.3) is 0 Å². The topological polar surface area (TPSA) is 20.3 Å². The summed E-state index contributed by atoms with van der Waals surface area (Å²) in [5, 5.41) is 0. The molecular weight excluding hydrogens is 397 g/mol. The molecule has 32 heavy (non-hydrogen) atoms. The van der Waals surface area contributed by atoms with Crippen molar-refractivity contribution in [2.45, 2.75) is 129 Å². The van der Waals surface area contributed by atoms with Crippen molar-refractivity contribution in [2.24, 2.45) is 0 Å². The van der Waals surface area contributed by atoms with E-state index >= 15 is 0 Å². The molecule has 0 heterocycles. The normalized spacial score (nSPS) is 11.1. The number of amides is 1. The number of benzene rings is 1. The first kappa shape index (κ1) is 28.7. The van der Waals surface area contributed by atoms with Crippen LogP contribution in [-0.2, 0) is 0 Å². The third-order valence-corrected chi connectivity index (χ3v) is 6.42. The van der Waals surface area contributed by atoms with Gasteiger partial charge in [0, 0.05) is 18.7 Å². The maximum absolute atomic E-state index is 13.6. The van der Waals surface area contributed by atoms with Crippen LogP contribution in [0.1, 0.15) is 140 Å². The van der Waals surface area contributed by atoms with Gasteiger partial charge in [0.1, 0.15) is 5.82 Å². The molecule has 0 aliphatic carbocycles. The van der Waals surface area contributed by atoms with Gasteiger partial charge >= 0.3 is 0 Å². The highest BCUT2D eigenvalue weighted by atomic mass is 19.1. The standard InChI is InChI=1S/C29H50FNO/c1-3-5-7-9-11-13-15-17-19-24-31(29(32)27-22-21-23-28(30)26-27)25-20-18-16-14-12-10-8-6-4-2/h21-23,26H,3-20,24-25H2,1-2H3. The highest BCUT2D eigenvalue weighted by molar-refractivity contribution is 5.94. The van der Waals surface area contributed by atoms with Gasteiger partial charge in [0.05, 0.1) is 0 Å². The van der Waals surface area contributed by atoms with Crippen molar-refractivity contribution in [1.29, 1.82) is 0 Å². The minimum atomic E-state index is -0.332. The van der Waals surface area contributed by atoms with E-state index in [1.54, 1.807) is 12.1 Å². The Morgan fingerprint density at radius 2 is 1.06 bits per heavy atom. The summed E-state index contributed by atoms with van der Waals surface area (Å²) in [6.45, 7) is 6.10. The van der Waals surface area contributed by atoms with Crippen molar-refractivity contribution in [1.82, 2.24) is 4.90 Å². The van der Waals surface area contributed by atoms with Crippen molar-refractivity contribution in [3.8, 4) is 0 Å². The second-order valence-electron chi connectivity index (χ2n) is 9.46. The number of carbonyl (C=O) groups excluding carboxylic acids is 1. The van der Waals surface area contributed by atoms with E-state index in [9.17, 15) is 9.18 Å². The Hall–Kier alpha value is -1.38. The van der Waals surface area contributed by atoms with E-state index < -0.39 is 0 Å². The van der Waals surface area contributed by atoms with Gasteiger partial charge in [-0.05, 0) is 31.0 Å². The van der Waals surface area contributed by atoms with Crippen molar-refractivity contribution >= 4 is 5.91 Å². The van der Waals surface area contributed by atoms with Crippen LogP contribution >= 0.6 is 0 Å². The van der Waals surface area contributed by atoms with Gasteiger partial charge in [0.2, 0.25) is 0 Å². The van der Waals surface area contributed by atoms with Gasteiger partial charge in [0.25, 0.3) is 5.91 Å². The van der Waals surface area contributed by atoms with Crippen LogP contribution in [0.2, 0.25) is 0 Å². The minimum Gasteiger partial charge on any atom is -0.339 e. The second-order valence-corrected chi connectivity index (χ2v) is 9.46. The average Bonchev–Trinajstić information content (AvgIpc) is 2.80. The van der Waals surface area contributed by atoms with Crippen molar-refractivity contribution in [3.63, 3.8) is 0 Å². The first-order valence-electron chi connectivity index (χ1n) is 13.7. The quantitative estimate of drug-likeness (QED) is 0.172. The zero-order chi connectivity index (χ0) is 23.3. The lowest BCUT2D eigenvalue weighted by molar-refractivity contribution is 0.0748. The second kappa shape index (κ2) is 20.2. The molecule has 2 nitrogen and oxygen atoms in total. The van der Waals surface area contributed by atoms with Crippen LogP contribution in [-0.4, -0.2) is 23.9 Å². The average molecular weight is 448 g/mol. The monoisotopic (exact) mass is 447 g/mol. The van der Waals surface area contributed by atoms with Crippen molar-refractivity contribution < 1.29 is 9.18 Å². The number of rotatable bonds is 21. The minimum absolute atomic E-state index is 0.0105. The maximum Gasteiger partial charge on any atom is 0.253 e. The first-order valence-corrected chi connectivity index (χ1v) is 13.7. The number of hydrogen-bond acceptors (Lipinski definition) is 1. The third kappa shape index (κ3) is 14.6. The molecule has 0 unspecified atom stereocenters. The van der Waals surface area contributed by atoms with Gasteiger partial charge in [-0.3, -0.25) is 4.79 Å². The highest BCUT2D eigenvalue weighted by Gasteiger charge is 2.15. The predicted octanol–water partition coefficient (Wildman–Crippen LogP) is 9.33. The Morgan fingerprint density at radius 3 is 1.47 bits per heavy atom. The molecule has 0 spiro atoms. The van der Waals surface area contributed by atoms with Gasteiger partial charge in [-0.1, -0.05) is 123 Å². The molecule has 0 saturated carbocycles. The molecule has 1 aromatic rings. The van der Waals surface area contributed by atoms with E-state index in [0.29, 0.717) is 5.56 Å². The van der Waals surface area contributed by atoms with Crippen molar-refractivity contribution in [3.05, 3.63) is 35.6 Å². The summed E-state index contributed by atoms with van der Waals surface area (Å²) in [5.74, 6) is -0.342. The molecular formula is C29H50FNO. The predicted molar refractivity (Wildman–Crippen MR) is 137 cm³/mol. The Bertz CT molecular complexity index is 552. The van der Waals surface area contributed by atoms with E-state index in [0.717, 1.165) is 25.9 Å². The first-order chi connectivity index (χ1) is 15.7. The molecule has 0 bridgehead atoms. The Balaban J connectivity index is 2.32. The summed E-state index contributed by atoms with van der Waals surface area (Å²) in [6, 6.07) is 6.16. The van der Waals surface area contributed by atoms with Gasteiger partial charge in [0.15, 0.2) is 0 Å². The molecule has 0 aliphatic heterocycles. The fourth-order valence-corrected chi connectivity index (χ4v) is 4.35. The van der Waals surface area contributed by atoms with E-state index in [1.807, 2.05) is 4.90 Å². The van der Waals surface area contributed by atoms with E-state index in [1.165, 1.54) is 115 Å². The molecule has 1 aromatic carbocycles. The molecule has 0 N–H and O–H groups in total. The summed E-state index contributed by atoms with van der Waals surface area (Å²) < 4.78 is 13.6. The number of carbonyl (C=O) groups is 1. The Kier molecular flexibility index (Phi) is 18.1. The molecule has 3 heteroatoms. The SMILES string of the molecule is CCCCCCCCCCCN(CCCCCCCCCCC)C(=O)c1cccc(F)c1. The third-order valence-electron chi connectivity index (χ3n) is 6.42. The summed E-state index contributed by atoms with van der Waals surface area (Å²) in [4.78, 5) is 15.0. The molecule has 0 aromatic heterocycles. The Morgan fingerprint density at radius 1 is 0.656 bits per heavy atom. The summed E-state index contributed by atoms with van der Waals surface area (Å²) >= 11 is 0. The summed E-state index contributed by atoms with van der Waals surface area (Å²) in [7, 11) is 0. The summed E-state index contributed by atoms with van der Waals surface area (Å²) in [5.41, 5.74) is 0.483. The van der Waals surface area contributed by atoms with Crippen LogP contribution < -0.4 is 0 Å². The van der Waals surface area contributed by atoms with Crippen LogP contribution in [0.15, 0.2) is 24.3 Å². The number of unbranched alkanes of at least 4 members (excludes halogenated alkanes) is 16. The maximum atomic E-state index is 13.6. The van der Waals surface area contributed by atoms with Crippen LogP contribution in [0.4, 0.5) is 4.39 Å². The van der Waals surface area contributed by atoms with Crippen LogP contribution in [0, 0.1) is 5.82 Å². The molecule has 1 amide bonds. The van der Waals surface area contributed by atoms with Crippen LogP contribution in [0.5, 0.6) is 0 Å². The van der Waals surface area contributed by atoms with Gasteiger partial charge in [-0.25, -0.2) is 4.39 Å². The molecule has 1 rings (SSSR count). The van der Waals surface area contributed by atoms with E-state index in [-0.39, 0.29) is 11.7 Å². The molecule has 184 valence electrons. The zero-order valence-corrected chi connectivity index (χ0v) is 21.2. The lowest BCUT2D eigenvalue weighted by Crippen LogP contribution is -2.33. The number of nitrogens with zero attached hydrogens (tertiary/aromatic N) is 1. The highest BCUT2D eigenvalue weighted by Crippen LogP contribution is 2.14. The van der Waals surface area contributed by atoms with E-state index in [4.69, 9.17) is 0 Å². The molecule has 0 atom stereocenters. The largest absolute Gasteiger partial charge is 0.339 e. The van der Waals surface area contributed by atoms with E-state index in [2.05, 4.69) is 13.8 Å². The zero-order valence-electron chi connectivity index (χ0n) is 21.2. The fourth-order valence-electron chi connectivity index (χ4n) is 4.35. The molecule has 0 aliphatic rings. The van der Waals surface area contributed by atoms with Gasteiger partial charge in [-0.2, -0.15) is 0 Å². The lowest BCUT2D eigenvalue weighted by Gasteiger charge is -2.23. The Labute approximate surface area is 198 Å². The molecule has 0 saturated heterocycles. The van der Waals surface area contributed by atoms with Gasteiger partial charge in [-0.15, -0.1) is 0 Å². The molecule has 0 radical (unpaired) electrons. The lowest BCUT2D eigenvalue weighted by atomic mass is 10.1. The summed E-state index contributed by atoms with van der Waals surface area (Å²) in [6.07, 6.45) is 23.0. The van der Waals surface area contributed by atoms with Crippen molar-refractivity contribution in [2.75, 3.05) is 13.1 Å². The smallest absolute Gasteiger partial charge is 0.253 e.